The van der Waals surface area contributed by atoms with Crippen LogP contribution in [-0.2, 0) is 0 Å². The summed E-state index contributed by atoms with van der Waals surface area (Å²) < 4.78 is 13.1. The van der Waals surface area contributed by atoms with Crippen LogP contribution in [0.1, 0.15) is 42.5 Å². The number of piperazine rings is 1. The average Bonchev–Trinajstić information content (AvgIpc) is 2.61. The van der Waals surface area contributed by atoms with Gasteiger partial charge in [-0.3, -0.25) is 4.79 Å². The third-order valence-electron chi connectivity index (χ3n) is 7.48. The van der Waals surface area contributed by atoms with Crippen LogP contribution in [0.2, 0.25) is 0 Å². The number of amides is 1. The van der Waals surface area contributed by atoms with E-state index in [0.717, 1.165) is 55.9 Å². The Bertz CT molecular complexity index is 622. The summed E-state index contributed by atoms with van der Waals surface area (Å²) >= 11 is 0. The molecule has 0 atom stereocenters. The van der Waals surface area contributed by atoms with Gasteiger partial charge in [-0.1, -0.05) is 0 Å². The number of halogens is 1. The van der Waals surface area contributed by atoms with E-state index in [2.05, 4.69) is 0 Å². The summed E-state index contributed by atoms with van der Waals surface area (Å²) in [5.74, 6) is 3.73. The molecule has 0 spiro atoms. The van der Waals surface area contributed by atoms with E-state index in [1.807, 2.05) is 4.90 Å². The largest absolute Gasteiger partial charge is 0.329 e. The molecule has 1 saturated heterocycles. The highest BCUT2D eigenvalue weighted by Crippen LogP contribution is 2.53. The van der Waals surface area contributed by atoms with Crippen molar-refractivity contribution in [2.75, 3.05) is 26.2 Å². The normalized spacial score (nSPS) is 37.5. The predicted octanol–water partition coefficient (Wildman–Crippen LogP) is 1.99. The van der Waals surface area contributed by atoms with E-state index in [9.17, 15) is 9.18 Å². The number of benzene rings is 1. The molecule has 0 unspecified atom stereocenters. The van der Waals surface area contributed by atoms with Crippen molar-refractivity contribution in [3.05, 3.63) is 35.6 Å². The van der Waals surface area contributed by atoms with Crippen molar-refractivity contribution in [3.63, 3.8) is 0 Å². The summed E-state index contributed by atoms with van der Waals surface area (Å²) in [6.07, 6.45) is 7.40. The highest BCUT2D eigenvalue weighted by molar-refractivity contribution is 5.94. The molecule has 4 bridgehead atoms. The van der Waals surface area contributed by atoms with Crippen LogP contribution in [-0.4, -0.2) is 43.0 Å². The summed E-state index contributed by atoms with van der Waals surface area (Å²) in [5, 5.41) is 0. The lowest BCUT2D eigenvalue weighted by Crippen LogP contribution is -3.20. The minimum atomic E-state index is -0.285. The second-order valence-corrected chi connectivity index (χ2v) is 8.91. The SMILES string of the molecule is O=C(c1ccc(F)cc1)N1CC[NH+](C2C3CC4CC(C3)CC2C4)CC1. The number of carbonyl (C=O) groups excluding carboxylic acids is 1. The Hall–Kier alpha value is -1.42. The van der Waals surface area contributed by atoms with E-state index in [1.165, 1.54) is 44.2 Å². The number of hydrogen-bond acceptors (Lipinski definition) is 1. The van der Waals surface area contributed by atoms with Crippen LogP contribution in [0.15, 0.2) is 24.3 Å². The maximum atomic E-state index is 13.1. The fourth-order valence-electron chi connectivity index (χ4n) is 6.70. The Balaban J connectivity index is 1.23. The van der Waals surface area contributed by atoms with Crippen molar-refractivity contribution >= 4 is 5.91 Å². The summed E-state index contributed by atoms with van der Waals surface area (Å²) in [7, 11) is 0. The first kappa shape index (κ1) is 15.8. The Morgan fingerprint density at radius 3 is 2.04 bits per heavy atom. The van der Waals surface area contributed by atoms with E-state index in [-0.39, 0.29) is 11.7 Å². The molecule has 134 valence electrons. The van der Waals surface area contributed by atoms with Crippen molar-refractivity contribution in [1.29, 1.82) is 0 Å². The quantitative estimate of drug-likeness (QED) is 0.873. The number of nitrogens with zero attached hydrogens (tertiary/aromatic N) is 1. The summed E-state index contributed by atoms with van der Waals surface area (Å²) in [5.41, 5.74) is 0.611. The first-order chi connectivity index (χ1) is 12.2. The zero-order valence-electron chi connectivity index (χ0n) is 14.8. The molecular weight excluding hydrogens is 315 g/mol. The Labute approximate surface area is 149 Å². The lowest BCUT2D eigenvalue weighted by molar-refractivity contribution is -0.939. The Morgan fingerprint density at radius 1 is 0.920 bits per heavy atom. The van der Waals surface area contributed by atoms with E-state index in [0.29, 0.717) is 5.56 Å². The molecule has 1 N–H and O–H groups in total. The van der Waals surface area contributed by atoms with Crippen LogP contribution >= 0.6 is 0 Å². The summed E-state index contributed by atoms with van der Waals surface area (Å²) in [6, 6.07) is 6.83. The van der Waals surface area contributed by atoms with Gasteiger partial charge in [0.05, 0.1) is 32.2 Å². The van der Waals surface area contributed by atoms with E-state index in [1.54, 1.807) is 17.0 Å². The molecule has 5 fully saturated rings. The lowest BCUT2D eigenvalue weighted by atomic mass is 9.54. The first-order valence-corrected chi connectivity index (χ1v) is 10.1. The average molecular weight is 343 g/mol. The minimum absolute atomic E-state index is 0.0594. The third kappa shape index (κ3) is 2.79. The molecular formula is C21H28FN2O+. The third-order valence-corrected chi connectivity index (χ3v) is 7.48. The van der Waals surface area contributed by atoms with Crippen molar-refractivity contribution < 1.29 is 14.1 Å². The minimum Gasteiger partial charge on any atom is -0.329 e. The van der Waals surface area contributed by atoms with Crippen LogP contribution in [0, 0.1) is 29.5 Å². The topological polar surface area (TPSA) is 24.8 Å². The molecule has 4 heteroatoms. The molecule has 0 radical (unpaired) electrons. The van der Waals surface area contributed by atoms with E-state index in [4.69, 9.17) is 0 Å². The molecule has 1 amide bonds. The summed E-state index contributed by atoms with van der Waals surface area (Å²) in [4.78, 5) is 16.4. The Morgan fingerprint density at radius 2 is 1.48 bits per heavy atom. The Kier molecular flexibility index (Phi) is 3.85. The smallest absolute Gasteiger partial charge is 0.254 e. The van der Waals surface area contributed by atoms with Crippen molar-refractivity contribution in [2.24, 2.45) is 23.7 Å². The lowest BCUT2D eigenvalue weighted by Gasteiger charge is -2.56. The maximum Gasteiger partial charge on any atom is 0.254 e. The van der Waals surface area contributed by atoms with Crippen LogP contribution in [0.4, 0.5) is 4.39 Å². The van der Waals surface area contributed by atoms with E-state index < -0.39 is 0 Å². The predicted molar refractivity (Wildman–Crippen MR) is 93.8 cm³/mol. The van der Waals surface area contributed by atoms with Crippen molar-refractivity contribution in [2.45, 2.75) is 38.1 Å². The van der Waals surface area contributed by atoms with Crippen LogP contribution in [0.5, 0.6) is 0 Å². The molecule has 25 heavy (non-hydrogen) atoms. The zero-order valence-corrected chi connectivity index (χ0v) is 14.8. The highest BCUT2D eigenvalue weighted by atomic mass is 19.1. The second-order valence-electron chi connectivity index (χ2n) is 8.91. The van der Waals surface area contributed by atoms with Gasteiger partial charge in [-0.25, -0.2) is 4.39 Å². The van der Waals surface area contributed by atoms with Crippen LogP contribution in [0.25, 0.3) is 0 Å². The monoisotopic (exact) mass is 343 g/mol. The fraction of sp³-hybridized carbons (Fsp3) is 0.667. The molecule has 1 aromatic rings. The number of hydrogen-bond donors (Lipinski definition) is 1. The maximum absolute atomic E-state index is 13.1. The van der Waals surface area contributed by atoms with Crippen LogP contribution < -0.4 is 4.90 Å². The second kappa shape index (κ2) is 6.08. The van der Waals surface area contributed by atoms with Gasteiger partial charge in [0.25, 0.3) is 5.91 Å². The molecule has 0 aromatic heterocycles. The number of quaternary nitrogens is 1. The zero-order chi connectivity index (χ0) is 17.0. The summed E-state index contributed by atoms with van der Waals surface area (Å²) in [6.45, 7) is 3.85. The standard InChI is InChI=1S/C21H27FN2O/c22-19-3-1-16(2-4-19)21(25)24-7-5-23(6-8-24)20-17-10-14-9-15(12-17)13-18(20)11-14/h1-4,14-15,17-18,20H,5-13H2/p+1. The van der Waals surface area contributed by atoms with Gasteiger partial charge in [0, 0.05) is 17.4 Å². The first-order valence-electron chi connectivity index (χ1n) is 10.1. The number of rotatable bonds is 2. The van der Waals surface area contributed by atoms with Gasteiger partial charge in [0.1, 0.15) is 5.82 Å². The molecule has 3 nitrogen and oxygen atoms in total. The van der Waals surface area contributed by atoms with Gasteiger partial charge in [0.2, 0.25) is 0 Å². The van der Waals surface area contributed by atoms with Gasteiger partial charge < -0.3 is 9.80 Å². The molecule has 1 aromatic carbocycles. The van der Waals surface area contributed by atoms with Crippen LogP contribution in [0.3, 0.4) is 0 Å². The molecule has 6 rings (SSSR count). The number of carbonyl (C=O) groups is 1. The van der Waals surface area contributed by atoms with Gasteiger partial charge >= 0.3 is 0 Å². The van der Waals surface area contributed by atoms with Gasteiger partial charge in [-0.2, -0.15) is 0 Å². The van der Waals surface area contributed by atoms with Gasteiger partial charge in [-0.05, 0) is 68.2 Å². The highest BCUT2D eigenvalue weighted by Gasteiger charge is 2.52. The fourth-order valence-corrected chi connectivity index (χ4v) is 6.70. The van der Waals surface area contributed by atoms with Crippen molar-refractivity contribution in [3.8, 4) is 0 Å². The molecule has 4 saturated carbocycles. The molecule has 1 heterocycles. The van der Waals surface area contributed by atoms with Gasteiger partial charge in [0.15, 0.2) is 0 Å². The van der Waals surface area contributed by atoms with E-state index >= 15 is 0 Å². The molecule has 5 aliphatic rings. The van der Waals surface area contributed by atoms with Crippen molar-refractivity contribution in [1.82, 2.24) is 4.90 Å². The molecule has 4 aliphatic carbocycles. The molecule has 1 aliphatic heterocycles. The van der Waals surface area contributed by atoms with Gasteiger partial charge in [-0.15, -0.1) is 0 Å². The number of nitrogens with one attached hydrogen (secondary N) is 1.